The number of ether oxygens (including phenoxy) is 1. The van der Waals surface area contributed by atoms with Crippen molar-refractivity contribution in [1.82, 2.24) is 0 Å². The molecule has 5 nitrogen and oxygen atoms in total. The summed E-state index contributed by atoms with van der Waals surface area (Å²) in [4.78, 5) is 23.9. The van der Waals surface area contributed by atoms with Crippen molar-refractivity contribution in [3.63, 3.8) is 0 Å². The molecule has 1 aromatic rings. The summed E-state index contributed by atoms with van der Waals surface area (Å²) in [6.45, 7) is 4.29. The maximum atomic E-state index is 12.5. The zero-order valence-electron chi connectivity index (χ0n) is 13.2. The topological polar surface area (TPSA) is 75.6 Å². The molecular weight excluding hydrogens is 294 g/mol. The van der Waals surface area contributed by atoms with Gasteiger partial charge >= 0.3 is 5.97 Å². The number of hydrogen-bond acceptors (Lipinski definition) is 3. The normalized spacial score (nSPS) is 29.5. The van der Waals surface area contributed by atoms with Gasteiger partial charge in [0.2, 0.25) is 5.91 Å². The van der Waals surface area contributed by atoms with E-state index in [1.165, 1.54) is 5.56 Å². The molecule has 2 bridgehead atoms. The lowest BCUT2D eigenvalue weighted by molar-refractivity contribution is -0.145. The van der Waals surface area contributed by atoms with E-state index in [4.69, 9.17) is 4.74 Å². The molecule has 1 amide bonds. The summed E-state index contributed by atoms with van der Waals surface area (Å²) >= 11 is 0. The molecule has 0 unspecified atom stereocenters. The average Bonchev–Trinajstić information content (AvgIpc) is 3.15. The number of carbonyl (C=O) groups excluding carboxylic acids is 1. The fourth-order valence-corrected chi connectivity index (χ4v) is 3.27. The van der Waals surface area contributed by atoms with E-state index in [1.807, 2.05) is 24.3 Å². The molecule has 1 saturated heterocycles. The van der Waals surface area contributed by atoms with E-state index in [0.717, 1.165) is 6.42 Å². The van der Waals surface area contributed by atoms with Crippen LogP contribution < -0.4 is 5.32 Å². The smallest absolute Gasteiger partial charge is 0.310 e. The Balaban J connectivity index is 1.72. The molecule has 1 fully saturated rings. The maximum Gasteiger partial charge on any atom is 0.310 e. The van der Waals surface area contributed by atoms with Crippen LogP contribution in [-0.4, -0.2) is 29.2 Å². The van der Waals surface area contributed by atoms with Gasteiger partial charge in [0.1, 0.15) is 5.92 Å². The summed E-state index contributed by atoms with van der Waals surface area (Å²) in [7, 11) is 0. The Labute approximate surface area is 135 Å². The number of anilines is 1. The summed E-state index contributed by atoms with van der Waals surface area (Å²) < 4.78 is 5.53. The minimum atomic E-state index is -0.992. The van der Waals surface area contributed by atoms with Crippen LogP contribution in [0.25, 0.3) is 0 Å². The first kappa shape index (κ1) is 15.7. The number of benzene rings is 1. The van der Waals surface area contributed by atoms with Crippen LogP contribution in [0.2, 0.25) is 0 Å². The van der Waals surface area contributed by atoms with Gasteiger partial charge in [0, 0.05) is 5.69 Å². The summed E-state index contributed by atoms with van der Waals surface area (Å²) in [6, 6.07) is 7.71. The molecule has 23 heavy (non-hydrogen) atoms. The van der Waals surface area contributed by atoms with Gasteiger partial charge in [0.05, 0.1) is 18.1 Å². The Hall–Kier alpha value is -2.14. The van der Waals surface area contributed by atoms with E-state index >= 15 is 0 Å². The molecule has 0 aliphatic carbocycles. The molecular formula is C18H21NO4. The number of amides is 1. The van der Waals surface area contributed by atoms with Crippen LogP contribution in [0.5, 0.6) is 0 Å². The maximum absolute atomic E-state index is 12.5. The van der Waals surface area contributed by atoms with Crippen molar-refractivity contribution >= 4 is 17.6 Å². The molecule has 0 spiro atoms. The van der Waals surface area contributed by atoms with E-state index < -0.39 is 30.0 Å². The Bertz CT molecular complexity index is 637. The van der Waals surface area contributed by atoms with Crippen LogP contribution in [0.4, 0.5) is 5.69 Å². The summed E-state index contributed by atoms with van der Waals surface area (Å²) in [5, 5.41) is 12.2. The number of rotatable bonds is 5. The lowest BCUT2D eigenvalue weighted by Gasteiger charge is -2.21. The number of nitrogens with one attached hydrogen (secondary N) is 1. The van der Waals surface area contributed by atoms with E-state index in [0.29, 0.717) is 11.6 Å². The van der Waals surface area contributed by atoms with E-state index in [1.54, 1.807) is 12.2 Å². The number of carbonyl (C=O) groups is 2. The van der Waals surface area contributed by atoms with Gasteiger partial charge in [-0.25, -0.2) is 0 Å². The van der Waals surface area contributed by atoms with Crippen LogP contribution in [-0.2, 0) is 14.3 Å². The number of aliphatic carboxylic acids is 1. The minimum absolute atomic E-state index is 0.300. The minimum Gasteiger partial charge on any atom is -0.481 e. The Morgan fingerprint density at radius 2 is 1.78 bits per heavy atom. The highest BCUT2D eigenvalue weighted by Crippen LogP contribution is 2.39. The summed E-state index contributed by atoms with van der Waals surface area (Å²) in [5.74, 6) is -2.32. The van der Waals surface area contributed by atoms with Gasteiger partial charge in [-0.15, -0.1) is 0 Å². The average molecular weight is 315 g/mol. The molecule has 3 rings (SSSR count). The third-order valence-electron chi connectivity index (χ3n) is 4.85. The monoisotopic (exact) mass is 315 g/mol. The van der Waals surface area contributed by atoms with E-state index in [2.05, 4.69) is 19.2 Å². The number of carboxylic acid groups (broad SMARTS) is 1. The van der Waals surface area contributed by atoms with E-state index in [9.17, 15) is 14.7 Å². The van der Waals surface area contributed by atoms with Crippen LogP contribution in [0.3, 0.4) is 0 Å². The second-order valence-electron chi connectivity index (χ2n) is 6.26. The van der Waals surface area contributed by atoms with Crippen molar-refractivity contribution in [2.24, 2.45) is 11.8 Å². The molecule has 0 aromatic heterocycles. The van der Waals surface area contributed by atoms with Gasteiger partial charge in [-0.05, 0) is 30.0 Å². The van der Waals surface area contributed by atoms with Gasteiger partial charge < -0.3 is 15.2 Å². The van der Waals surface area contributed by atoms with Gasteiger partial charge in [-0.3, -0.25) is 9.59 Å². The van der Waals surface area contributed by atoms with Crippen molar-refractivity contribution in [3.8, 4) is 0 Å². The first-order chi connectivity index (χ1) is 11.0. The molecule has 5 atom stereocenters. The molecule has 5 heteroatoms. The highest BCUT2D eigenvalue weighted by atomic mass is 16.5. The van der Waals surface area contributed by atoms with Gasteiger partial charge in [0.25, 0.3) is 0 Å². The molecule has 2 N–H and O–H groups in total. The van der Waals surface area contributed by atoms with Gasteiger partial charge in [-0.1, -0.05) is 38.1 Å². The Morgan fingerprint density at radius 1 is 1.17 bits per heavy atom. The molecule has 2 aliphatic rings. The predicted octanol–water partition coefficient (Wildman–Crippen LogP) is 2.79. The molecule has 0 radical (unpaired) electrons. The molecule has 2 heterocycles. The van der Waals surface area contributed by atoms with Gasteiger partial charge in [0.15, 0.2) is 0 Å². The van der Waals surface area contributed by atoms with Crippen molar-refractivity contribution in [1.29, 1.82) is 0 Å². The van der Waals surface area contributed by atoms with Gasteiger partial charge in [-0.2, -0.15) is 0 Å². The van der Waals surface area contributed by atoms with Crippen LogP contribution in [0, 0.1) is 11.8 Å². The second-order valence-corrected chi connectivity index (χ2v) is 6.26. The number of hydrogen-bond donors (Lipinski definition) is 2. The number of fused-ring (bicyclic) bond motifs is 2. The Kier molecular flexibility index (Phi) is 4.22. The highest BCUT2D eigenvalue weighted by molar-refractivity contribution is 5.96. The third kappa shape index (κ3) is 2.88. The van der Waals surface area contributed by atoms with Crippen LogP contribution in [0.15, 0.2) is 36.4 Å². The summed E-state index contributed by atoms with van der Waals surface area (Å²) in [6.07, 6.45) is 3.62. The fourth-order valence-electron chi connectivity index (χ4n) is 3.27. The molecule has 0 saturated carbocycles. The zero-order chi connectivity index (χ0) is 16.6. The van der Waals surface area contributed by atoms with E-state index in [-0.39, 0.29) is 5.91 Å². The molecule has 1 aromatic carbocycles. The predicted molar refractivity (Wildman–Crippen MR) is 86.2 cm³/mol. The SMILES string of the molecule is CC[C@H](C)c1ccc(NC(=O)[C@H]2[C@@H](C(=O)O)[C@H]3C=C[C@H]2O3)cc1. The molecule has 122 valence electrons. The van der Waals surface area contributed by atoms with Crippen molar-refractivity contribution in [2.45, 2.75) is 38.4 Å². The largest absolute Gasteiger partial charge is 0.481 e. The molecule has 2 aliphatic heterocycles. The van der Waals surface area contributed by atoms with Crippen LogP contribution in [0.1, 0.15) is 31.7 Å². The Morgan fingerprint density at radius 3 is 2.35 bits per heavy atom. The lowest BCUT2D eigenvalue weighted by atomic mass is 9.82. The second kappa shape index (κ2) is 6.16. The van der Waals surface area contributed by atoms with Crippen molar-refractivity contribution < 1.29 is 19.4 Å². The number of carboxylic acids is 1. The highest BCUT2D eigenvalue weighted by Gasteiger charge is 2.53. The third-order valence-corrected chi connectivity index (χ3v) is 4.85. The quantitative estimate of drug-likeness (QED) is 0.819. The first-order valence-corrected chi connectivity index (χ1v) is 7.98. The zero-order valence-corrected chi connectivity index (χ0v) is 13.2. The first-order valence-electron chi connectivity index (χ1n) is 7.98. The van der Waals surface area contributed by atoms with Crippen molar-refractivity contribution in [3.05, 3.63) is 42.0 Å². The fraction of sp³-hybridized carbons (Fsp3) is 0.444. The summed E-state index contributed by atoms with van der Waals surface area (Å²) in [5.41, 5.74) is 1.90. The van der Waals surface area contributed by atoms with Crippen LogP contribution >= 0.6 is 0 Å². The van der Waals surface area contributed by atoms with Crippen molar-refractivity contribution in [2.75, 3.05) is 5.32 Å². The lowest BCUT2D eigenvalue weighted by Crippen LogP contribution is -2.39. The standard InChI is InChI=1S/C18H21NO4/c1-3-10(2)11-4-6-12(7-5-11)19-17(20)15-13-8-9-14(23-13)16(15)18(21)22/h4-10,13-16H,3H2,1-2H3,(H,19,20)(H,21,22)/t10-,13+,14+,15+,16-/m0/s1.